The second kappa shape index (κ2) is 4.65. The summed E-state index contributed by atoms with van der Waals surface area (Å²) in [6.07, 6.45) is 5.75. The molecule has 0 heterocycles. The number of carbonyl (C=O) groups is 2. The lowest BCUT2D eigenvalue weighted by atomic mass is 9.45. The van der Waals surface area contributed by atoms with Crippen molar-refractivity contribution in [3.8, 4) is 6.07 Å². The predicted molar refractivity (Wildman–Crippen MR) is 84.7 cm³/mol. The van der Waals surface area contributed by atoms with Gasteiger partial charge in [0.1, 0.15) is 0 Å². The zero-order valence-electron chi connectivity index (χ0n) is 13.8. The summed E-state index contributed by atoms with van der Waals surface area (Å²) in [5, 5.41) is 9.82. The highest BCUT2D eigenvalue weighted by molar-refractivity contribution is 6.03. The summed E-state index contributed by atoms with van der Waals surface area (Å²) >= 11 is 0. The van der Waals surface area contributed by atoms with Crippen LogP contribution in [0, 0.1) is 40.1 Å². The van der Waals surface area contributed by atoms with Crippen LogP contribution >= 0.6 is 0 Å². The largest absolute Gasteiger partial charge is 0.307 e. The van der Waals surface area contributed by atoms with Gasteiger partial charge in [-0.25, -0.2) is 4.85 Å². The Kier molecular flexibility index (Phi) is 3.17. The summed E-state index contributed by atoms with van der Waals surface area (Å²) in [6.45, 7) is 13.1. The van der Waals surface area contributed by atoms with E-state index in [0.29, 0.717) is 19.3 Å². The highest BCUT2D eigenvalue weighted by Crippen LogP contribution is 2.63. The molecule has 4 heteroatoms. The zero-order valence-corrected chi connectivity index (χ0v) is 13.8. The van der Waals surface area contributed by atoms with Crippen LogP contribution < -0.4 is 0 Å². The standard InChI is InChI=1S/C19H20N2O2/c1-17(2)14-6-8-19(11-20)7-5-12(22)9-15(19)18(14,3)10-13(21-4)16(17)23/h9-10,14H,5-8H2,1-3H3/t14-,18-,19+/m0/s1. The van der Waals surface area contributed by atoms with Crippen LogP contribution in [0.2, 0.25) is 0 Å². The Morgan fingerprint density at radius 1 is 1.30 bits per heavy atom. The first-order chi connectivity index (χ1) is 10.7. The van der Waals surface area contributed by atoms with E-state index >= 15 is 0 Å². The number of ketones is 2. The smallest absolute Gasteiger partial charge is 0.226 e. The van der Waals surface area contributed by atoms with Gasteiger partial charge in [-0.1, -0.05) is 26.8 Å². The third-order valence-corrected chi connectivity index (χ3v) is 6.24. The van der Waals surface area contributed by atoms with E-state index in [1.807, 2.05) is 20.8 Å². The van der Waals surface area contributed by atoms with Crippen molar-refractivity contribution in [1.82, 2.24) is 0 Å². The average molecular weight is 308 g/mol. The van der Waals surface area contributed by atoms with Crippen molar-refractivity contribution >= 4 is 11.6 Å². The van der Waals surface area contributed by atoms with Crippen molar-refractivity contribution < 1.29 is 9.59 Å². The minimum Gasteiger partial charge on any atom is -0.307 e. The van der Waals surface area contributed by atoms with Crippen LogP contribution in [0.3, 0.4) is 0 Å². The molecular weight excluding hydrogens is 288 g/mol. The monoisotopic (exact) mass is 308 g/mol. The van der Waals surface area contributed by atoms with Crippen molar-refractivity contribution in [3.63, 3.8) is 0 Å². The van der Waals surface area contributed by atoms with Gasteiger partial charge in [-0.2, -0.15) is 5.26 Å². The maximum absolute atomic E-state index is 12.6. The first kappa shape index (κ1) is 15.7. The summed E-state index contributed by atoms with van der Waals surface area (Å²) in [5.74, 6) is -0.0750. The van der Waals surface area contributed by atoms with Gasteiger partial charge >= 0.3 is 0 Å². The molecule has 0 unspecified atom stereocenters. The van der Waals surface area contributed by atoms with Gasteiger partial charge in [0.25, 0.3) is 0 Å². The summed E-state index contributed by atoms with van der Waals surface area (Å²) in [6, 6.07) is 2.46. The van der Waals surface area contributed by atoms with Crippen molar-refractivity contribution in [2.45, 2.75) is 46.5 Å². The van der Waals surface area contributed by atoms with Gasteiger partial charge in [0.15, 0.2) is 11.6 Å². The highest BCUT2D eigenvalue weighted by atomic mass is 16.1. The minimum atomic E-state index is -0.660. The molecule has 4 nitrogen and oxygen atoms in total. The molecule has 0 N–H and O–H groups in total. The Morgan fingerprint density at radius 2 is 2.00 bits per heavy atom. The van der Waals surface area contributed by atoms with Crippen LogP contribution in [-0.2, 0) is 9.59 Å². The predicted octanol–water partition coefficient (Wildman–Crippen LogP) is 3.61. The van der Waals surface area contributed by atoms with E-state index in [9.17, 15) is 14.9 Å². The number of nitriles is 1. The molecule has 0 aromatic heterocycles. The summed E-state index contributed by atoms with van der Waals surface area (Å²) in [5.41, 5.74) is -0.907. The molecule has 0 bridgehead atoms. The van der Waals surface area contributed by atoms with Gasteiger partial charge < -0.3 is 4.79 Å². The molecule has 0 radical (unpaired) electrons. The van der Waals surface area contributed by atoms with Crippen LogP contribution in [-0.4, -0.2) is 11.6 Å². The van der Waals surface area contributed by atoms with E-state index < -0.39 is 16.2 Å². The van der Waals surface area contributed by atoms with Gasteiger partial charge in [-0.15, -0.1) is 0 Å². The summed E-state index contributed by atoms with van der Waals surface area (Å²) in [4.78, 5) is 28.1. The fourth-order valence-corrected chi connectivity index (χ4v) is 5.03. The Hall–Kier alpha value is -2.20. The Balaban J connectivity index is 2.29. The number of Topliss-reactive ketones (excluding diaryl/α,β-unsaturated/α-hetero) is 1. The average Bonchev–Trinajstić information content (AvgIpc) is 2.52. The van der Waals surface area contributed by atoms with E-state index in [-0.39, 0.29) is 23.2 Å². The Labute approximate surface area is 136 Å². The molecule has 0 aromatic carbocycles. The van der Waals surface area contributed by atoms with Crippen LogP contribution in [0.1, 0.15) is 46.5 Å². The fourth-order valence-electron chi connectivity index (χ4n) is 5.03. The number of fused-ring (bicyclic) bond motifs is 3. The first-order valence-corrected chi connectivity index (χ1v) is 8.03. The van der Waals surface area contributed by atoms with Gasteiger partial charge in [-0.05, 0) is 36.8 Å². The van der Waals surface area contributed by atoms with Crippen LogP contribution in [0.5, 0.6) is 0 Å². The maximum Gasteiger partial charge on any atom is 0.226 e. The first-order valence-electron chi connectivity index (χ1n) is 8.03. The molecule has 23 heavy (non-hydrogen) atoms. The second-order valence-electron chi connectivity index (χ2n) is 7.78. The van der Waals surface area contributed by atoms with Crippen molar-refractivity contribution in [2.24, 2.45) is 22.2 Å². The van der Waals surface area contributed by atoms with Gasteiger partial charge in [-0.3, -0.25) is 4.79 Å². The highest BCUT2D eigenvalue weighted by Gasteiger charge is 2.60. The molecule has 0 spiro atoms. The quantitative estimate of drug-likeness (QED) is 0.642. The lowest BCUT2D eigenvalue weighted by Gasteiger charge is -2.56. The van der Waals surface area contributed by atoms with Crippen molar-refractivity contribution in [1.29, 1.82) is 5.26 Å². The van der Waals surface area contributed by atoms with E-state index in [1.54, 1.807) is 12.2 Å². The zero-order chi connectivity index (χ0) is 17.0. The number of allylic oxidation sites excluding steroid dienone is 4. The van der Waals surface area contributed by atoms with Gasteiger partial charge in [0.05, 0.1) is 18.1 Å². The molecule has 0 aliphatic heterocycles. The Morgan fingerprint density at radius 3 is 2.61 bits per heavy atom. The number of hydrogen-bond acceptors (Lipinski definition) is 3. The minimum absolute atomic E-state index is 0.00613. The molecule has 1 fully saturated rings. The number of hydrogen-bond donors (Lipinski definition) is 0. The molecular formula is C19H20N2O2. The molecule has 1 saturated carbocycles. The molecule has 0 amide bonds. The second-order valence-corrected chi connectivity index (χ2v) is 7.78. The molecule has 3 aliphatic rings. The van der Waals surface area contributed by atoms with E-state index in [2.05, 4.69) is 10.9 Å². The third-order valence-electron chi connectivity index (χ3n) is 6.24. The molecule has 0 aromatic rings. The summed E-state index contributed by atoms with van der Waals surface area (Å²) < 4.78 is 0. The van der Waals surface area contributed by atoms with Gasteiger partial charge in [0.2, 0.25) is 5.70 Å². The van der Waals surface area contributed by atoms with Gasteiger partial charge in [0, 0.05) is 17.3 Å². The number of carbonyl (C=O) groups excluding carboxylic acids is 2. The number of nitrogens with zero attached hydrogens (tertiary/aromatic N) is 2. The maximum atomic E-state index is 12.6. The molecule has 3 rings (SSSR count). The third kappa shape index (κ3) is 1.88. The van der Waals surface area contributed by atoms with Crippen LogP contribution in [0.25, 0.3) is 4.85 Å². The lowest BCUT2D eigenvalue weighted by molar-refractivity contribution is -0.130. The molecule has 0 saturated heterocycles. The normalized spacial score (nSPS) is 38.4. The molecule has 118 valence electrons. The Bertz CT molecular complexity index is 759. The summed E-state index contributed by atoms with van der Waals surface area (Å²) in [7, 11) is 0. The topological polar surface area (TPSA) is 62.3 Å². The molecule has 3 atom stereocenters. The van der Waals surface area contributed by atoms with Crippen molar-refractivity contribution in [2.75, 3.05) is 0 Å². The van der Waals surface area contributed by atoms with E-state index in [4.69, 9.17) is 6.57 Å². The molecule has 3 aliphatic carbocycles. The van der Waals surface area contributed by atoms with E-state index in [1.165, 1.54) is 0 Å². The number of rotatable bonds is 0. The van der Waals surface area contributed by atoms with Crippen LogP contribution in [0.4, 0.5) is 0 Å². The lowest BCUT2D eigenvalue weighted by Crippen LogP contribution is -2.53. The fraction of sp³-hybridized carbons (Fsp3) is 0.579. The van der Waals surface area contributed by atoms with Crippen molar-refractivity contribution in [3.05, 3.63) is 34.8 Å². The van der Waals surface area contributed by atoms with Crippen LogP contribution in [0.15, 0.2) is 23.4 Å². The van der Waals surface area contributed by atoms with E-state index in [0.717, 1.165) is 12.0 Å². The SMILES string of the molecule is [C-]#[N+]C1=C[C@]2(C)C3=CC(=O)CC[C@]3(C#N)CC[C@H]2C(C)(C)C1=O.